The van der Waals surface area contributed by atoms with Gasteiger partial charge in [-0.1, -0.05) is 36.8 Å². The van der Waals surface area contributed by atoms with E-state index in [2.05, 4.69) is 11.9 Å². The number of aromatic nitrogens is 3. The van der Waals surface area contributed by atoms with Gasteiger partial charge in [-0.15, -0.1) is 0 Å². The van der Waals surface area contributed by atoms with E-state index in [4.69, 9.17) is 19.2 Å². The first-order valence-electron chi connectivity index (χ1n) is 13.9. The summed E-state index contributed by atoms with van der Waals surface area (Å²) in [5.41, 5.74) is 2.57. The summed E-state index contributed by atoms with van der Waals surface area (Å²) in [4.78, 5) is 38.2. The largest absolute Gasteiger partial charge is 0.505 e. The maximum Gasteiger partial charge on any atom is 0.301 e. The molecule has 6 rings (SSSR count). The molecule has 4 heterocycles. The molecule has 1 atom stereocenters. The fraction of sp³-hybridized carbons (Fsp3) is 0.250. The fourth-order valence-electron chi connectivity index (χ4n) is 5.29. The maximum atomic E-state index is 13.8. The zero-order valence-electron chi connectivity index (χ0n) is 24.2. The molecule has 1 aliphatic rings. The molecular formula is C32H30N4O6S. The van der Waals surface area contributed by atoms with Crippen molar-refractivity contribution in [3.63, 3.8) is 0 Å². The minimum absolute atomic E-state index is 0.0719. The quantitative estimate of drug-likeness (QED) is 0.0940. The Morgan fingerprint density at radius 1 is 1.02 bits per heavy atom. The standard InChI is InChI=1S/C32H30N4O6S/c1-5-6-15-42-22-13-10-19(16-23(22)41-4)28-26(29(37)27-18(2)33-25-9-7-8-14-35(25)27)30(38)31(39)36(28)32-34-21-12-11-20(40-3)17-24(21)43-32/h7-14,16-17,28,37H,5-6,15H2,1-4H3. The van der Waals surface area contributed by atoms with Crippen LogP contribution in [0.4, 0.5) is 5.13 Å². The average molecular weight is 599 g/mol. The molecule has 0 bridgehead atoms. The monoisotopic (exact) mass is 598 g/mol. The molecule has 5 aromatic rings. The summed E-state index contributed by atoms with van der Waals surface area (Å²) in [5, 5.41) is 12.1. The number of aryl methyl sites for hydroxylation is 1. The molecule has 1 amide bonds. The number of rotatable bonds is 9. The van der Waals surface area contributed by atoms with E-state index in [1.165, 1.54) is 23.3 Å². The zero-order valence-corrected chi connectivity index (χ0v) is 25.0. The lowest BCUT2D eigenvalue weighted by molar-refractivity contribution is -0.132. The molecule has 10 nitrogen and oxygen atoms in total. The molecule has 220 valence electrons. The van der Waals surface area contributed by atoms with E-state index >= 15 is 0 Å². The molecule has 1 unspecified atom stereocenters. The Morgan fingerprint density at radius 2 is 1.86 bits per heavy atom. The van der Waals surface area contributed by atoms with E-state index in [9.17, 15) is 14.7 Å². The van der Waals surface area contributed by atoms with Crippen molar-refractivity contribution in [2.75, 3.05) is 25.7 Å². The highest BCUT2D eigenvalue weighted by molar-refractivity contribution is 7.22. The van der Waals surface area contributed by atoms with Crippen molar-refractivity contribution >= 4 is 49.8 Å². The average Bonchev–Trinajstić information content (AvgIpc) is 3.67. The Kier molecular flexibility index (Phi) is 7.49. The number of hydrogen-bond donors (Lipinski definition) is 1. The van der Waals surface area contributed by atoms with E-state index in [0.29, 0.717) is 57.1 Å². The molecule has 1 saturated heterocycles. The van der Waals surface area contributed by atoms with Gasteiger partial charge in [0.05, 0.1) is 48.4 Å². The number of amides is 1. The van der Waals surface area contributed by atoms with Crippen LogP contribution < -0.4 is 19.1 Å². The number of methoxy groups -OCH3 is 2. The number of aliphatic hydroxyl groups excluding tert-OH is 1. The van der Waals surface area contributed by atoms with Crippen LogP contribution >= 0.6 is 11.3 Å². The summed E-state index contributed by atoms with van der Waals surface area (Å²) in [6.45, 7) is 4.35. The Bertz CT molecular complexity index is 1910. The van der Waals surface area contributed by atoms with Gasteiger partial charge in [-0.25, -0.2) is 9.97 Å². The van der Waals surface area contributed by atoms with Crippen LogP contribution in [0, 0.1) is 6.92 Å². The highest BCUT2D eigenvalue weighted by Crippen LogP contribution is 2.46. The van der Waals surface area contributed by atoms with Gasteiger partial charge in [0.1, 0.15) is 17.1 Å². The number of carbonyl (C=O) groups excluding carboxylic acids is 2. The summed E-state index contributed by atoms with van der Waals surface area (Å²) in [6.07, 6.45) is 3.61. The molecule has 2 aromatic carbocycles. The van der Waals surface area contributed by atoms with Gasteiger partial charge in [0.2, 0.25) is 0 Å². The maximum absolute atomic E-state index is 13.8. The van der Waals surface area contributed by atoms with E-state index in [1.54, 1.807) is 67.1 Å². The molecule has 1 N–H and O–H groups in total. The summed E-state index contributed by atoms with van der Waals surface area (Å²) >= 11 is 1.26. The number of hydrogen-bond acceptors (Lipinski definition) is 9. The van der Waals surface area contributed by atoms with E-state index in [-0.39, 0.29) is 11.3 Å². The van der Waals surface area contributed by atoms with Crippen molar-refractivity contribution < 1.29 is 28.9 Å². The SMILES string of the molecule is CCCCOc1ccc(C2C(=C(O)c3c(C)nc4ccccn34)C(=O)C(=O)N2c2nc3ccc(OC)cc3s2)cc1OC. The Hall–Kier alpha value is -4.90. The van der Waals surface area contributed by atoms with Gasteiger partial charge in [-0.05, 0) is 61.4 Å². The summed E-state index contributed by atoms with van der Waals surface area (Å²) in [7, 11) is 3.11. The van der Waals surface area contributed by atoms with Gasteiger partial charge >= 0.3 is 5.91 Å². The number of ketones is 1. The normalized spacial score (nSPS) is 16.4. The molecule has 0 radical (unpaired) electrons. The predicted octanol–water partition coefficient (Wildman–Crippen LogP) is 6.07. The molecule has 1 fully saturated rings. The van der Waals surface area contributed by atoms with E-state index in [1.807, 2.05) is 12.1 Å². The molecule has 11 heteroatoms. The van der Waals surface area contributed by atoms with Crippen LogP contribution in [0.1, 0.15) is 42.8 Å². The number of carbonyl (C=O) groups is 2. The van der Waals surface area contributed by atoms with Crippen LogP contribution in [0.5, 0.6) is 17.2 Å². The highest BCUT2D eigenvalue weighted by atomic mass is 32.1. The number of thiazole rings is 1. The predicted molar refractivity (Wildman–Crippen MR) is 164 cm³/mol. The minimum atomic E-state index is -1.00. The van der Waals surface area contributed by atoms with Gasteiger partial charge < -0.3 is 19.3 Å². The van der Waals surface area contributed by atoms with Crippen LogP contribution in [0.25, 0.3) is 21.6 Å². The molecular weight excluding hydrogens is 568 g/mol. The third-order valence-electron chi connectivity index (χ3n) is 7.42. The lowest BCUT2D eigenvalue weighted by Gasteiger charge is -2.24. The number of Topliss-reactive ketones (excluding diaryl/α,β-unsaturated/α-hetero) is 1. The van der Waals surface area contributed by atoms with Crippen LogP contribution in [-0.4, -0.2) is 52.0 Å². The summed E-state index contributed by atoms with van der Waals surface area (Å²) in [6, 6.07) is 15.1. The van der Waals surface area contributed by atoms with Crippen LogP contribution in [0.3, 0.4) is 0 Å². The van der Waals surface area contributed by atoms with E-state index in [0.717, 1.165) is 17.5 Å². The second-order valence-corrected chi connectivity index (χ2v) is 11.1. The van der Waals surface area contributed by atoms with Gasteiger partial charge in [0.25, 0.3) is 5.78 Å². The van der Waals surface area contributed by atoms with E-state index < -0.39 is 17.7 Å². The number of ether oxygens (including phenoxy) is 3. The Labute approximate surface area is 251 Å². The summed E-state index contributed by atoms with van der Waals surface area (Å²) < 4.78 is 19.4. The Balaban J connectivity index is 1.56. The highest BCUT2D eigenvalue weighted by Gasteiger charge is 2.49. The van der Waals surface area contributed by atoms with Gasteiger partial charge in [0.15, 0.2) is 22.4 Å². The third-order valence-corrected chi connectivity index (χ3v) is 8.44. The lowest BCUT2D eigenvalue weighted by atomic mass is 9.96. The molecule has 3 aromatic heterocycles. The second-order valence-electron chi connectivity index (χ2n) is 10.1. The number of imidazole rings is 1. The lowest BCUT2D eigenvalue weighted by Crippen LogP contribution is -2.29. The minimum Gasteiger partial charge on any atom is -0.505 e. The molecule has 43 heavy (non-hydrogen) atoms. The van der Waals surface area contributed by atoms with Gasteiger partial charge in [-0.2, -0.15) is 0 Å². The molecule has 0 aliphatic carbocycles. The number of pyridine rings is 1. The van der Waals surface area contributed by atoms with Crippen LogP contribution in [-0.2, 0) is 9.59 Å². The smallest absolute Gasteiger partial charge is 0.301 e. The van der Waals surface area contributed by atoms with Crippen molar-refractivity contribution in [2.24, 2.45) is 0 Å². The van der Waals surface area contributed by atoms with Crippen molar-refractivity contribution in [1.29, 1.82) is 0 Å². The Morgan fingerprint density at radius 3 is 2.63 bits per heavy atom. The first-order valence-corrected chi connectivity index (χ1v) is 14.7. The van der Waals surface area contributed by atoms with Crippen molar-refractivity contribution in [1.82, 2.24) is 14.4 Å². The van der Waals surface area contributed by atoms with Crippen LogP contribution in [0.15, 0.2) is 66.4 Å². The molecule has 0 spiro atoms. The van der Waals surface area contributed by atoms with Gasteiger partial charge in [-0.3, -0.25) is 18.9 Å². The van der Waals surface area contributed by atoms with Crippen molar-refractivity contribution in [3.05, 3.63) is 83.3 Å². The topological polar surface area (TPSA) is 115 Å². The number of anilines is 1. The number of nitrogens with zero attached hydrogens (tertiary/aromatic N) is 4. The van der Waals surface area contributed by atoms with Crippen molar-refractivity contribution in [2.45, 2.75) is 32.7 Å². The van der Waals surface area contributed by atoms with Crippen molar-refractivity contribution in [3.8, 4) is 17.2 Å². The van der Waals surface area contributed by atoms with Gasteiger partial charge in [0, 0.05) is 6.20 Å². The molecule has 0 saturated carbocycles. The molecule has 1 aliphatic heterocycles. The number of benzene rings is 2. The van der Waals surface area contributed by atoms with Crippen LogP contribution in [0.2, 0.25) is 0 Å². The first-order chi connectivity index (χ1) is 20.9. The first kappa shape index (κ1) is 28.2. The summed E-state index contributed by atoms with van der Waals surface area (Å²) in [5.74, 6) is -0.321. The number of fused-ring (bicyclic) bond motifs is 2. The number of aliphatic hydroxyl groups is 1. The fourth-order valence-corrected chi connectivity index (χ4v) is 6.32. The number of unbranched alkanes of at least 4 members (excludes halogenated alkanes) is 1. The zero-order chi connectivity index (χ0) is 30.2. The second kappa shape index (κ2) is 11.4. The third kappa shape index (κ3) is 4.85.